The lowest BCUT2D eigenvalue weighted by Crippen LogP contribution is -2.49. The fourth-order valence-corrected chi connectivity index (χ4v) is 2.05. The highest BCUT2D eigenvalue weighted by atomic mass is 35.5. The Bertz CT molecular complexity index is 689. The first kappa shape index (κ1) is 20.3. The number of nitrogens with one attached hydrogen (secondary N) is 3. The average molecular weight is 370 g/mol. The number of benzene rings is 1. The van der Waals surface area contributed by atoms with Crippen LogP contribution >= 0.6 is 11.6 Å². The predicted molar refractivity (Wildman–Crippen MR) is 93.2 cm³/mol. The number of hydrogen-bond acceptors (Lipinski definition) is 5. The van der Waals surface area contributed by atoms with Gasteiger partial charge in [-0.1, -0.05) is 11.6 Å². The van der Waals surface area contributed by atoms with E-state index in [4.69, 9.17) is 21.1 Å². The van der Waals surface area contributed by atoms with Gasteiger partial charge in [0.05, 0.1) is 19.2 Å². The summed E-state index contributed by atoms with van der Waals surface area (Å²) in [5.74, 6) is -1.64. The molecule has 1 rings (SSSR count). The molecular formula is C16H20ClN3O5. The number of rotatable bonds is 5. The van der Waals surface area contributed by atoms with Gasteiger partial charge in [0.1, 0.15) is 0 Å². The minimum absolute atomic E-state index is 0.191. The Morgan fingerprint density at radius 1 is 1.08 bits per heavy atom. The summed E-state index contributed by atoms with van der Waals surface area (Å²) in [6, 6.07) is 3.02. The first-order chi connectivity index (χ1) is 11.8. The molecule has 0 spiro atoms. The van der Waals surface area contributed by atoms with Gasteiger partial charge in [0.15, 0.2) is 11.5 Å². The third-order valence-corrected chi connectivity index (χ3v) is 3.09. The van der Waals surface area contributed by atoms with Crippen LogP contribution in [0.1, 0.15) is 19.4 Å². The Balaban J connectivity index is 2.67. The Labute approximate surface area is 150 Å². The topological polar surface area (TPSA) is 106 Å². The minimum atomic E-state index is -0.968. The summed E-state index contributed by atoms with van der Waals surface area (Å²) in [5, 5.41) is 2.71. The van der Waals surface area contributed by atoms with E-state index in [-0.39, 0.29) is 6.04 Å². The number of amides is 3. The van der Waals surface area contributed by atoms with Gasteiger partial charge >= 0.3 is 11.8 Å². The fourth-order valence-electron chi connectivity index (χ4n) is 1.75. The summed E-state index contributed by atoms with van der Waals surface area (Å²) in [6.07, 6.45) is 2.63. The van der Waals surface area contributed by atoms with Gasteiger partial charge in [-0.15, -0.1) is 0 Å². The molecule has 0 fully saturated rings. The van der Waals surface area contributed by atoms with E-state index in [0.29, 0.717) is 22.1 Å². The lowest BCUT2D eigenvalue weighted by atomic mass is 10.2. The van der Waals surface area contributed by atoms with Crippen LogP contribution in [0.25, 0.3) is 6.08 Å². The van der Waals surface area contributed by atoms with Crippen molar-refractivity contribution in [2.24, 2.45) is 0 Å². The maximum atomic E-state index is 11.7. The van der Waals surface area contributed by atoms with E-state index >= 15 is 0 Å². The van der Waals surface area contributed by atoms with Crippen LogP contribution in [0, 0.1) is 0 Å². The van der Waals surface area contributed by atoms with E-state index in [1.165, 1.54) is 20.3 Å². The predicted octanol–water partition coefficient (Wildman–Crippen LogP) is 1.04. The molecule has 0 aliphatic rings. The Morgan fingerprint density at radius 3 is 2.32 bits per heavy atom. The van der Waals surface area contributed by atoms with E-state index in [0.717, 1.165) is 6.08 Å². The highest BCUT2D eigenvalue weighted by Crippen LogP contribution is 2.36. The van der Waals surface area contributed by atoms with E-state index in [1.807, 2.05) is 5.43 Å². The Morgan fingerprint density at radius 2 is 1.76 bits per heavy atom. The second-order valence-electron chi connectivity index (χ2n) is 5.14. The summed E-state index contributed by atoms with van der Waals surface area (Å²) in [7, 11) is 2.93. The van der Waals surface area contributed by atoms with E-state index in [9.17, 15) is 14.4 Å². The molecule has 136 valence electrons. The zero-order valence-electron chi connectivity index (χ0n) is 14.3. The smallest absolute Gasteiger partial charge is 0.327 e. The van der Waals surface area contributed by atoms with E-state index in [2.05, 4.69) is 10.7 Å². The monoisotopic (exact) mass is 369 g/mol. The summed E-state index contributed by atoms with van der Waals surface area (Å²) in [4.78, 5) is 34.5. The maximum absolute atomic E-state index is 11.7. The van der Waals surface area contributed by atoms with E-state index < -0.39 is 17.7 Å². The molecule has 0 unspecified atom stereocenters. The van der Waals surface area contributed by atoms with E-state index in [1.54, 1.807) is 26.0 Å². The normalized spacial score (nSPS) is 10.5. The van der Waals surface area contributed by atoms with Crippen molar-refractivity contribution in [1.29, 1.82) is 0 Å². The first-order valence-electron chi connectivity index (χ1n) is 7.28. The van der Waals surface area contributed by atoms with Gasteiger partial charge in [0, 0.05) is 12.1 Å². The molecule has 0 saturated carbocycles. The standard InChI is InChI=1S/C16H20ClN3O5/c1-9(2)18-15(22)16(23)20-19-13(21)6-5-10-7-11(17)14(25-4)12(8-10)24-3/h5-9H,1-4H3,(H,18,22)(H,19,21)(H,20,23)/b6-5+. The van der Waals surface area contributed by atoms with Crippen molar-refractivity contribution in [3.8, 4) is 11.5 Å². The molecule has 3 N–H and O–H groups in total. The van der Waals surface area contributed by atoms with Crippen LogP contribution in [0.2, 0.25) is 5.02 Å². The van der Waals surface area contributed by atoms with Crippen LogP contribution in [0.5, 0.6) is 11.5 Å². The fraction of sp³-hybridized carbons (Fsp3) is 0.312. The van der Waals surface area contributed by atoms with Gasteiger partial charge in [0.25, 0.3) is 5.91 Å². The summed E-state index contributed by atoms with van der Waals surface area (Å²) in [5.41, 5.74) is 4.69. The van der Waals surface area contributed by atoms with Crippen molar-refractivity contribution in [3.63, 3.8) is 0 Å². The number of carbonyl (C=O) groups excluding carboxylic acids is 3. The largest absolute Gasteiger partial charge is 0.493 e. The van der Waals surface area contributed by atoms with Crippen molar-refractivity contribution in [2.75, 3.05) is 14.2 Å². The van der Waals surface area contributed by atoms with Crippen LogP contribution in [0.15, 0.2) is 18.2 Å². The van der Waals surface area contributed by atoms with Crippen molar-refractivity contribution in [2.45, 2.75) is 19.9 Å². The number of halogens is 1. The van der Waals surface area contributed by atoms with Crippen LogP contribution in [0.3, 0.4) is 0 Å². The lowest BCUT2D eigenvalue weighted by Gasteiger charge is -2.10. The summed E-state index contributed by atoms with van der Waals surface area (Å²) in [6.45, 7) is 3.42. The van der Waals surface area contributed by atoms with Crippen LogP contribution < -0.4 is 25.6 Å². The second-order valence-corrected chi connectivity index (χ2v) is 5.55. The van der Waals surface area contributed by atoms with Crippen LogP contribution in [0.4, 0.5) is 0 Å². The van der Waals surface area contributed by atoms with Crippen molar-refractivity contribution in [3.05, 3.63) is 28.8 Å². The Hall–Kier alpha value is -2.74. The van der Waals surface area contributed by atoms with Gasteiger partial charge in [-0.05, 0) is 37.6 Å². The molecule has 3 amide bonds. The molecule has 8 nitrogen and oxygen atoms in total. The third-order valence-electron chi connectivity index (χ3n) is 2.81. The maximum Gasteiger partial charge on any atom is 0.327 e. The molecule has 0 saturated heterocycles. The molecule has 25 heavy (non-hydrogen) atoms. The number of hydrogen-bond donors (Lipinski definition) is 3. The van der Waals surface area contributed by atoms with Crippen molar-refractivity contribution in [1.82, 2.24) is 16.2 Å². The van der Waals surface area contributed by atoms with Gasteiger partial charge in [-0.2, -0.15) is 0 Å². The molecular weight excluding hydrogens is 350 g/mol. The number of carbonyl (C=O) groups is 3. The van der Waals surface area contributed by atoms with Gasteiger partial charge < -0.3 is 14.8 Å². The SMILES string of the molecule is COc1cc(/C=C/C(=O)NNC(=O)C(=O)NC(C)C)cc(Cl)c1OC. The molecule has 0 aliphatic heterocycles. The van der Waals surface area contributed by atoms with Crippen LogP contribution in [-0.2, 0) is 14.4 Å². The van der Waals surface area contributed by atoms with Crippen LogP contribution in [-0.4, -0.2) is 38.0 Å². The third kappa shape index (κ3) is 6.34. The quantitative estimate of drug-likeness (QED) is 0.408. The average Bonchev–Trinajstić information content (AvgIpc) is 2.56. The van der Waals surface area contributed by atoms with Gasteiger partial charge in [0.2, 0.25) is 0 Å². The molecule has 1 aromatic rings. The molecule has 0 radical (unpaired) electrons. The molecule has 9 heteroatoms. The molecule has 0 aromatic heterocycles. The number of hydrazine groups is 1. The molecule has 0 heterocycles. The van der Waals surface area contributed by atoms with Gasteiger partial charge in [-0.3, -0.25) is 25.2 Å². The summed E-state index contributed by atoms with van der Waals surface area (Å²) < 4.78 is 10.3. The second kappa shape index (κ2) is 9.53. The van der Waals surface area contributed by atoms with Crippen molar-refractivity contribution < 1.29 is 23.9 Å². The zero-order valence-corrected chi connectivity index (χ0v) is 15.1. The first-order valence-corrected chi connectivity index (χ1v) is 7.66. The van der Waals surface area contributed by atoms with Crippen molar-refractivity contribution >= 4 is 35.4 Å². The molecule has 0 bridgehead atoms. The molecule has 0 aliphatic carbocycles. The minimum Gasteiger partial charge on any atom is -0.493 e. The summed E-state index contributed by atoms with van der Waals surface area (Å²) >= 11 is 6.07. The highest BCUT2D eigenvalue weighted by molar-refractivity contribution is 6.35. The molecule has 0 atom stereocenters. The zero-order chi connectivity index (χ0) is 19.0. The Kier molecular flexibility index (Phi) is 7.74. The molecule has 1 aromatic carbocycles. The number of ether oxygens (including phenoxy) is 2. The highest BCUT2D eigenvalue weighted by Gasteiger charge is 2.14. The lowest BCUT2D eigenvalue weighted by molar-refractivity contribution is -0.140. The van der Waals surface area contributed by atoms with Gasteiger partial charge in [-0.25, -0.2) is 0 Å². The number of methoxy groups -OCH3 is 2.